The minimum atomic E-state index is -0.390. The Morgan fingerprint density at radius 2 is 2.13 bits per heavy atom. The molecule has 0 radical (unpaired) electrons. The number of hydrogen-bond donors (Lipinski definition) is 2. The van der Waals surface area contributed by atoms with Gasteiger partial charge in [-0.25, -0.2) is 0 Å². The Hall–Kier alpha value is -1.91. The van der Waals surface area contributed by atoms with Crippen LogP contribution in [0.1, 0.15) is 0 Å². The highest BCUT2D eigenvalue weighted by Gasteiger charge is 2.06. The van der Waals surface area contributed by atoms with Crippen LogP contribution < -0.4 is 21.1 Å². The number of benzene rings is 1. The van der Waals surface area contributed by atoms with Gasteiger partial charge in [0.05, 0.1) is 13.7 Å². The summed E-state index contributed by atoms with van der Waals surface area (Å²) in [5.41, 5.74) is 12.2. The number of ether oxygens (including phenoxy) is 1. The van der Waals surface area contributed by atoms with Crippen LogP contribution in [-0.4, -0.2) is 26.6 Å². The van der Waals surface area contributed by atoms with Gasteiger partial charge in [-0.3, -0.25) is 4.79 Å². The van der Waals surface area contributed by atoms with Crippen LogP contribution in [0.3, 0.4) is 0 Å². The number of rotatable bonds is 4. The molecule has 1 aromatic rings. The van der Waals surface area contributed by atoms with Crippen molar-refractivity contribution in [3.63, 3.8) is 0 Å². The van der Waals surface area contributed by atoms with Crippen molar-refractivity contribution in [3.05, 3.63) is 18.2 Å². The molecule has 0 aliphatic rings. The number of carbonyl (C=O) groups excluding carboxylic acids is 1. The average Bonchev–Trinajstić information content (AvgIpc) is 2.15. The molecule has 0 spiro atoms. The monoisotopic (exact) mass is 209 g/mol. The molecule has 82 valence electrons. The van der Waals surface area contributed by atoms with Gasteiger partial charge in [-0.1, -0.05) is 0 Å². The van der Waals surface area contributed by atoms with Crippen LogP contribution in [0.4, 0.5) is 11.4 Å². The van der Waals surface area contributed by atoms with Gasteiger partial charge in [0.1, 0.15) is 5.75 Å². The van der Waals surface area contributed by atoms with Gasteiger partial charge in [0.2, 0.25) is 5.91 Å². The quantitative estimate of drug-likeness (QED) is 0.694. The van der Waals surface area contributed by atoms with Crippen LogP contribution in [0.15, 0.2) is 18.2 Å². The summed E-state index contributed by atoms with van der Waals surface area (Å²) in [5, 5.41) is 0. The molecule has 5 nitrogen and oxygen atoms in total. The molecule has 1 amide bonds. The fraction of sp³-hybridized carbons (Fsp3) is 0.300. The maximum absolute atomic E-state index is 10.7. The van der Waals surface area contributed by atoms with Crippen LogP contribution in [0.25, 0.3) is 0 Å². The van der Waals surface area contributed by atoms with Crippen LogP contribution in [-0.2, 0) is 4.79 Å². The summed E-state index contributed by atoms with van der Waals surface area (Å²) in [4.78, 5) is 12.5. The maximum atomic E-state index is 10.7. The molecular formula is C10H15N3O2. The van der Waals surface area contributed by atoms with E-state index in [1.54, 1.807) is 37.3 Å². The number of anilines is 2. The predicted octanol–water partition coefficient (Wildman–Crippen LogP) is 0.199. The molecule has 0 heterocycles. The maximum Gasteiger partial charge on any atom is 0.236 e. The Kier molecular flexibility index (Phi) is 3.38. The van der Waals surface area contributed by atoms with E-state index in [9.17, 15) is 4.79 Å². The predicted molar refractivity (Wildman–Crippen MR) is 59.9 cm³/mol. The van der Waals surface area contributed by atoms with Crippen LogP contribution in [0.5, 0.6) is 5.75 Å². The average molecular weight is 209 g/mol. The second kappa shape index (κ2) is 4.54. The van der Waals surface area contributed by atoms with E-state index in [-0.39, 0.29) is 12.5 Å². The van der Waals surface area contributed by atoms with E-state index < -0.39 is 0 Å². The van der Waals surface area contributed by atoms with Crippen LogP contribution >= 0.6 is 0 Å². The smallest absolute Gasteiger partial charge is 0.236 e. The zero-order valence-corrected chi connectivity index (χ0v) is 8.86. The van der Waals surface area contributed by atoms with E-state index >= 15 is 0 Å². The van der Waals surface area contributed by atoms with Crippen molar-refractivity contribution in [2.75, 3.05) is 31.3 Å². The molecule has 1 aromatic carbocycles. The van der Waals surface area contributed by atoms with Gasteiger partial charge in [0.15, 0.2) is 0 Å². The second-order valence-electron chi connectivity index (χ2n) is 3.29. The molecule has 0 aliphatic carbocycles. The third-order valence-electron chi connectivity index (χ3n) is 1.98. The summed E-state index contributed by atoms with van der Waals surface area (Å²) in [5.74, 6) is 0.264. The summed E-state index contributed by atoms with van der Waals surface area (Å²) in [6, 6.07) is 5.26. The summed E-state index contributed by atoms with van der Waals surface area (Å²) < 4.78 is 5.07. The Morgan fingerprint density at radius 1 is 1.47 bits per heavy atom. The van der Waals surface area contributed by atoms with Gasteiger partial charge >= 0.3 is 0 Å². The van der Waals surface area contributed by atoms with E-state index in [1.165, 1.54) is 0 Å². The highest BCUT2D eigenvalue weighted by molar-refractivity contribution is 5.79. The van der Waals surface area contributed by atoms with Crippen molar-refractivity contribution in [1.82, 2.24) is 0 Å². The molecule has 0 aliphatic heterocycles. The summed E-state index contributed by atoms with van der Waals surface area (Å²) >= 11 is 0. The highest BCUT2D eigenvalue weighted by Crippen LogP contribution is 2.24. The molecule has 1 rings (SSSR count). The van der Waals surface area contributed by atoms with Gasteiger partial charge in [0.25, 0.3) is 0 Å². The number of amides is 1. The lowest BCUT2D eigenvalue weighted by atomic mass is 10.2. The molecule has 0 saturated heterocycles. The Morgan fingerprint density at radius 3 is 2.67 bits per heavy atom. The first kappa shape index (κ1) is 11.2. The van der Waals surface area contributed by atoms with Gasteiger partial charge in [-0.15, -0.1) is 0 Å². The summed E-state index contributed by atoms with van der Waals surface area (Å²) in [7, 11) is 3.33. The number of hydrogen-bond acceptors (Lipinski definition) is 4. The molecular weight excluding hydrogens is 194 g/mol. The number of methoxy groups -OCH3 is 1. The van der Waals surface area contributed by atoms with Crippen LogP contribution in [0.2, 0.25) is 0 Å². The van der Waals surface area contributed by atoms with Crippen molar-refractivity contribution >= 4 is 17.3 Å². The Labute approximate surface area is 88.6 Å². The molecule has 15 heavy (non-hydrogen) atoms. The van der Waals surface area contributed by atoms with Crippen molar-refractivity contribution in [2.24, 2.45) is 5.73 Å². The van der Waals surface area contributed by atoms with Gasteiger partial charge < -0.3 is 21.1 Å². The van der Waals surface area contributed by atoms with Crippen molar-refractivity contribution < 1.29 is 9.53 Å². The summed E-state index contributed by atoms with van der Waals surface area (Å²) in [6.45, 7) is 0.145. The highest BCUT2D eigenvalue weighted by atomic mass is 16.5. The first-order valence-electron chi connectivity index (χ1n) is 4.47. The van der Waals surface area contributed by atoms with E-state index in [0.717, 1.165) is 5.69 Å². The normalized spacial score (nSPS) is 9.73. The standard InChI is InChI=1S/C10H15N3O2/c1-13(6-10(12)14)8-3-7(11)4-9(5-8)15-2/h3-5H,6,11H2,1-2H3,(H2,12,14). The molecule has 0 atom stereocenters. The third-order valence-corrected chi connectivity index (χ3v) is 1.98. The molecule has 4 N–H and O–H groups in total. The minimum Gasteiger partial charge on any atom is -0.497 e. The Bertz CT molecular complexity index is 366. The number of nitrogens with zero attached hydrogens (tertiary/aromatic N) is 1. The molecule has 0 aromatic heterocycles. The number of likely N-dealkylation sites (N-methyl/N-ethyl adjacent to an activating group) is 1. The molecule has 0 unspecified atom stereocenters. The number of nitrogens with two attached hydrogens (primary N) is 2. The first-order chi connectivity index (χ1) is 7.02. The number of primary amides is 1. The zero-order chi connectivity index (χ0) is 11.4. The lowest BCUT2D eigenvalue weighted by molar-refractivity contribution is -0.116. The first-order valence-corrected chi connectivity index (χ1v) is 4.47. The fourth-order valence-electron chi connectivity index (χ4n) is 1.27. The topological polar surface area (TPSA) is 81.6 Å². The second-order valence-corrected chi connectivity index (χ2v) is 3.29. The van der Waals surface area contributed by atoms with E-state index in [0.29, 0.717) is 11.4 Å². The SMILES string of the molecule is COc1cc(N)cc(N(C)CC(N)=O)c1. The number of nitrogen functional groups attached to an aromatic ring is 1. The fourth-order valence-corrected chi connectivity index (χ4v) is 1.27. The molecule has 0 saturated carbocycles. The lowest BCUT2D eigenvalue weighted by Gasteiger charge is -2.18. The van der Waals surface area contributed by atoms with E-state index in [2.05, 4.69) is 0 Å². The van der Waals surface area contributed by atoms with Gasteiger partial charge in [-0.05, 0) is 6.07 Å². The van der Waals surface area contributed by atoms with Gasteiger partial charge in [-0.2, -0.15) is 0 Å². The molecule has 0 fully saturated rings. The van der Waals surface area contributed by atoms with E-state index in [4.69, 9.17) is 16.2 Å². The molecule has 0 bridgehead atoms. The third kappa shape index (κ3) is 3.05. The molecule has 5 heteroatoms. The zero-order valence-electron chi connectivity index (χ0n) is 8.86. The number of carbonyl (C=O) groups is 1. The van der Waals surface area contributed by atoms with Crippen molar-refractivity contribution in [2.45, 2.75) is 0 Å². The van der Waals surface area contributed by atoms with Gasteiger partial charge in [0, 0.05) is 30.6 Å². The van der Waals surface area contributed by atoms with Crippen molar-refractivity contribution in [1.29, 1.82) is 0 Å². The van der Waals surface area contributed by atoms with Crippen LogP contribution in [0, 0.1) is 0 Å². The minimum absolute atomic E-state index is 0.145. The van der Waals surface area contributed by atoms with Crippen molar-refractivity contribution in [3.8, 4) is 5.75 Å². The largest absolute Gasteiger partial charge is 0.497 e. The Balaban J connectivity index is 2.92. The lowest BCUT2D eigenvalue weighted by Crippen LogP contribution is -2.30. The summed E-state index contributed by atoms with van der Waals surface area (Å²) in [6.07, 6.45) is 0. The van der Waals surface area contributed by atoms with E-state index in [1.807, 2.05) is 0 Å².